The fraction of sp³-hybridized carbons (Fsp3) is 0.412. The summed E-state index contributed by atoms with van der Waals surface area (Å²) >= 11 is 0. The van der Waals surface area contributed by atoms with Crippen LogP contribution in [0, 0.1) is 0 Å². The predicted molar refractivity (Wildman–Crippen MR) is 81.7 cm³/mol. The van der Waals surface area contributed by atoms with Crippen LogP contribution in [-0.4, -0.2) is 23.6 Å². The third kappa shape index (κ3) is 2.88. The number of aryl methyl sites for hydroxylation is 3. The Hall–Kier alpha value is -1.74. The first-order valence-electron chi connectivity index (χ1n) is 7.45. The number of benzene rings is 1. The van der Waals surface area contributed by atoms with E-state index >= 15 is 0 Å². The summed E-state index contributed by atoms with van der Waals surface area (Å²) in [6, 6.07) is 8.78. The molecule has 20 heavy (non-hydrogen) atoms. The molecule has 0 bridgehead atoms. The van der Waals surface area contributed by atoms with Crippen molar-refractivity contribution in [2.45, 2.75) is 32.1 Å². The Kier molecular flexibility index (Phi) is 4.07. The second-order valence-electron chi connectivity index (χ2n) is 5.40. The van der Waals surface area contributed by atoms with Crippen LogP contribution in [0.4, 0.5) is 0 Å². The van der Waals surface area contributed by atoms with Crippen LogP contribution in [0.2, 0.25) is 0 Å². The van der Waals surface area contributed by atoms with Gasteiger partial charge >= 0.3 is 0 Å². The highest BCUT2D eigenvalue weighted by atomic mass is 14.9. The standard InChI is InChI=1S/C17H21N3/c1-18-10-3-6-17-19-11-9-16(20-17)15-8-7-13-4-2-5-14(13)12-15/h7-9,11-12,18H,2-6,10H2,1H3. The molecule has 1 aromatic carbocycles. The van der Waals surface area contributed by atoms with Gasteiger partial charge < -0.3 is 5.32 Å². The van der Waals surface area contributed by atoms with E-state index in [-0.39, 0.29) is 0 Å². The first-order valence-corrected chi connectivity index (χ1v) is 7.45. The van der Waals surface area contributed by atoms with E-state index in [2.05, 4.69) is 28.5 Å². The molecule has 0 atom stereocenters. The van der Waals surface area contributed by atoms with Gasteiger partial charge in [0.25, 0.3) is 0 Å². The summed E-state index contributed by atoms with van der Waals surface area (Å²) in [5, 5.41) is 3.16. The summed E-state index contributed by atoms with van der Waals surface area (Å²) in [6.07, 6.45) is 7.61. The first-order chi connectivity index (χ1) is 9.86. The number of fused-ring (bicyclic) bond motifs is 1. The second kappa shape index (κ2) is 6.14. The van der Waals surface area contributed by atoms with E-state index in [1.807, 2.05) is 19.3 Å². The second-order valence-corrected chi connectivity index (χ2v) is 5.40. The Morgan fingerprint density at radius 3 is 2.95 bits per heavy atom. The fourth-order valence-electron chi connectivity index (χ4n) is 2.83. The largest absolute Gasteiger partial charge is 0.320 e. The third-order valence-corrected chi connectivity index (χ3v) is 3.93. The molecule has 3 rings (SSSR count). The molecule has 0 amide bonds. The van der Waals surface area contributed by atoms with Crippen molar-refractivity contribution in [3.05, 3.63) is 47.4 Å². The number of hydrogen-bond donors (Lipinski definition) is 1. The average molecular weight is 267 g/mol. The zero-order chi connectivity index (χ0) is 13.8. The molecule has 2 aromatic rings. The molecule has 1 aliphatic rings. The van der Waals surface area contributed by atoms with Crippen LogP contribution >= 0.6 is 0 Å². The van der Waals surface area contributed by atoms with Gasteiger partial charge in [0.05, 0.1) is 5.69 Å². The lowest BCUT2D eigenvalue weighted by Crippen LogP contribution is -2.09. The van der Waals surface area contributed by atoms with Gasteiger partial charge in [-0.3, -0.25) is 0 Å². The van der Waals surface area contributed by atoms with Gasteiger partial charge in [-0.25, -0.2) is 9.97 Å². The number of rotatable bonds is 5. The van der Waals surface area contributed by atoms with Crippen LogP contribution in [0.25, 0.3) is 11.3 Å². The molecule has 1 aromatic heterocycles. The van der Waals surface area contributed by atoms with Crippen molar-refractivity contribution in [1.82, 2.24) is 15.3 Å². The van der Waals surface area contributed by atoms with Crippen molar-refractivity contribution in [2.75, 3.05) is 13.6 Å². The summed E-state index contributed by atoms with van der Waals surface area (Å²) in [7, 11) is 1.97. The Morgan fingerprint density at radius 2 is 2.05 bits per heavy atom. The number of nitrogens with zero attached hydrogens (tertiary/aromatic N) is 2. The molecule has 3 nitrogen and oxygen atoms in total. The third-order valence-electron chi connectivity index (χ3n) is 3.93. The highest BCUT2D eigenvalue weighted by Crippen LogP contribution is 2.27. The molecule has 1 aliphatic carbocycles. The normalized spacial score (nSPS) is 13.4. The van der Waals surface area contributed by atoms with Crippen molar-refractivity contribution in [1.29, 1.82) is 0 Å². The lowest BCUT2D eigenvalue weighted by atomic mass is 10.0. The SMILES string of the molecule is CNCCCc1nccc(-c2ccc3c(c2)CCC3)n1. The van der Waals surface area contributed by atoms with E-state index < -0.39 is 0 Å². The smallest absolute Gasteiger partial charge is 0.128 e. The van der Waals surface area contributed by atoms with Crippen LogP contribution in [0.1, 0.15) is 29.8 Å². The predicted octanol–water partition coefficient (Wildman–Crippen LogP) is 2.78. The molecule has 0 saturated heterocycles. The number of nitrogens with one attached hydrogen (secondary N) is 1. The first kappa shape index (κ1) is 13.3. The monoisotopic (exact) mass is 267 g/mol. The quantitative estimate of drug-likeness (QED) is 0.847. The number of aromatic nitrogens is 2. The molecule has 104 valence electrons. The van der Waals surface area contributed by atoms with E-state index in [1.54, 1.807) is 0 Å². The van der Waals surface area contributed by atoms with Crippen LogP contribution < -0.4 is 5.32 Å². The molecule has 0 radical (unpaired) electrons. The van der Waals surface area contributed by atoms with Crippen LogP contribution in [0.3, 0.4) is 0 Å². The maximum absolute atomic E-state index is 4.70. The molecule has 3 heteroatoms. The van der Waals surface area contributed by atoms with Crippen molar-refractivity contribution in [3.8, 4) is 11.3 Å². The zero-order valence-electron chi connectivity index (χ0n) is 12.0. The van der Waals surface area contributed by atoms with Gasteiger partial charge in [0, 0.05) is 18.2 Å². The summed E-state index contributed by atoms with van der Waals surface area (Å²) < 4.78 is 0. The van der Waals surface area contributed by atoms with Crippen molar-refractivity contribution >= 4 is 0 Å². The van der Waals surface area contributed by atoms with E-state index in [1.165, 1.54) is 36.0 Å². The lowest BCUT2D eigenvalue weighted by molar-refractivity contribution is 0.703. The van der Waals surface area contributed by atoms with Gasteiger partial charge in [-0.15, -0.1) is 0 Å². The highest BCUT2D eigenvalue weighted by Gasteiger charge is 2.12. The summed E-state index contributed by atoms with van der Waals surface area (Å²) in [6.45, 7) is 1.01. The molecule has 0 fully saturated rings. The van der Waals surface area contributed by atoms with E-state index in [9.17, 15) is 0 Å². The van der Waals surface area contributed by atoms with Crippen molar-refractivity contribution in [3.63, 3.8) is 0 Å². The highest BCUT2D eigenvalue weighted by molar-refractivity contribution is 5.61. The Morgan fingerprint density at radius 1 is 1.15 bits per heavy atom. The van der Waals surface area contributed by atoms with Gasteiger partial charge in [0.15, 0.2) is 0 Å². The molecular formula is C17H21N3. The van der Waals surface area contributed by atoms with Gasteiger partial charge in [0.2, 0.25) is 0 Å². The van der Waals surface area contributed by atoms with Gasteiger partial charge in [-0.1, -0.05) is 12.1 Å². The van der Waals surface area contributed by atoms with Gasteiger partial charge in [-0.05, 0) is 62.5 Å². The minimum Gasteiger partial charge on any atom is -0.320 e. The molecule has 0 saturated carbocycles. The fourth-order valence-corrected chi connectivity index (χ4v) is 2.83. The molecule has 1 N–H and O–H groups in total. The average Bonchev–Trinajstić information content (AvgIpc) is 2.95. The Bertz CT molecular complexity index is 593. The van der Waals surface area contributed by atoms with Gasteiger partial charge in [-0.2, -0.15) is 0 Å². The van der Waals surface area contributed by atoms with E-state index in [4.69, 9.17) is 4.98 Å². The summed E-state index contributed by atoms with van der Waals surface area (Å²) in [5.74, 6) is 0.943. The maximum Gasteiger partial charge on any atom is 0.128 e. The number of hydrogen-bond acceptors (Lipinski definition) is 3. The van der Waals surface area contributed by atoms with Gasteiger partial charge in [0.1, 0.15) is 5.82 Å². The van der Waals surface area contributed by atoms with Crippen LogP contribution in [0.5, 0.6) is 0 Å². The summed E-state index contributed by atoms with van der Waals surface area (Å²) in [4.78, 5) is 9.07. The Labute approximate surface area is 120 Å². The maximum atomic E-state index is 4.70. The van der Waals surface area contributed by atoms with Crippen LogP contribution in [-0.2, 0) is 19.3 Å². The van der Waals surface area contributed by atoms with Crippen molar-refractivity contribution in [2.24, 2.45) is 0 Å². The minimum atomic E-state index is 0.930. The lowest BCUT2D eigenvalue weighted by Gasteiger charge is -2.06. The molecule has 0 unspecified atom stereocenters. The molecule has 0 aliphatic heterocycles. The molecule has 1 heterocycles. The summed E-state index contributed by atoms with van der Waals surface area (Å²) in [5.41, 5.74) is 5.28. The molecular weight excluding hydrogens is 246 g/mol. The van der Waals surface area contributed by atoms with E-state index in [0.717, 1.165) is 30.9 Å². The topological polar surface area (TPSA) is 37.8 Å². The van der Waals surface area contributed by atoms with Crippen LogP contribution in [0.15, 0.2) is 30.5 Å². The Balaban J connectivity index is 1.81. The zero-order valence-corrected chi connectivity index (χ0v) is 12.0. The molecule has 0 spiro atoms. The minimum absolute atomic E-state index is 0.930. The van der Waals surface area contributed by atoms with E-state index in [0.29, 0.717) is 0 Å². The van der Waals surface area contributed by atoms with Crippen molar-refractivity contribution < 1.29 is 0 Å².